The zero-order valence-corrected chi connectivity index (χ0v) is 15.4. The van der Waals surface area contributed by atoms with Crippen molar-refractivity contribution in [2.45, 2.75) is 13.5 Å². The second-order valence-corrected chi connectivity index (χ2v) is 6.44. The lowest BCUT2D eigenvalue weighted by atomic mass is 10.2. The van der Waals surface area contributed by atoms with E-state index in [4.69, 9.17) is 27.9 Å². The highest BCUT2D eigenvalue weighted by Crippen LogP contribution is 2.32. The van der Waals surface area contributed by atoms with Gasteiger partial charge in [0.05, 0.1) is 19.2 Å². The van der Waals surface area contributed by atoms with Gasteiger partial charge in [-0.3, -0.25) is 0 Å². The molecule has 0 amide bonds. The van der Waals surface area contributed by atoms with Gasteiger partial charge in [-0.2, -0.15) is 0 Å². The number of rotatable bonds is 5. The van der Waals surface area contributed by atoms with Crippen molar-refractivity contribution >= 4 is 40.1 Å². The van der Waals surface area contributed by atoms with Crippen LogP contribution in [0, 0.1) is 6.92 Å². The molecule has 1 aromatic heterocycles. The number of aryl methyl sites for hydroxylation is 1. The number of nitrogens with zero attached hydrogens (tertiary/aromatic N) is 1. The van der Waals surface area contributed by atoms with Crippen LogP contribution in [0.5, 0.6) is 5.75 Å². The maximum absolute atomic E-state index is 11.3. The van der Waals surface area contributed by atoms with E-state index in [-0.39, 0.29) is 6.61 Å². The summed E-state index contributed by atoms with van der Waals surface area (Å²) in [5, 5.41) is 2.19. The van der Waals surface area contributed by atoms with Gasteiger partial charge in [0.15, 0.2) is 6.61 Å². The number of hydrogen-bond donors (Lipinski definition) is 0. The van der Waals surface area contributed by atoms with Crippen LogP contribution in [0.25, 0.3) is 10.9 Å². The normalized spacial score (nSPS) is 10.9. The maximum Gasteiger partial charge on any atom is 0.343 e. The third-order valence-electron chi connectivity index (χ3n) is 4.06. The van der Waals surface area contributed by atoms with Crippen molar-refractivity contribution < 1.29 is 14.3 Å². The third-order valence-corrected chi connectivity index (χ3v) is 4.77. The number of carbonyl (C=O) groups is 1. The molecule has 0 saturated carbocycles. The highest BCUT2D eigenvalue weighted by atomic mass is 35.5. The van der Waals surface area contributed by atoms with Gasteiger partial charge in [0.1, 0.15) is 5.75 Å². The molecule has 25 heavy (non-hydrogen) atoms. The highest BCUT2D eigenvalue weighted by molar-refractivity contribution is 6.36. The van der Waals surface area contributed by atoms with Crippen LogP contribution in [0.15, 0.2) is 42.5 Å². The van der Waals surface area contributed by atoms with E-state index in [1.807, 2.05) is 49.4 Å². The molecule has 3 rings (SSSR count). The molecule has 0 aliphatic heterocycles. The van der Waals surface area contributed by atoms with Crippen molar-refractivity contribution in [1.29, 1.82) is 0 Å². The molecule has 0 fully saturated rings. The van der Waals surface area contributed by atoms with Gasteiger partial charge >= 0.3 is 5.97 Å². The van der Waals surface area contributed by atoms with E-state index in [2.05, 4.69) is 9.30 Å². The molecule has 4 nitrogen and oxygen atoms in total. The molecular weight excluding hydrogens is 361 g/mol. The summed E-state index contributed by atoms with van der Waals surface area (Å²) in [6.45, 7) is 2.43. The number of aromatic nitrogens is 1. The van der Waals surface area contributed by atoms with Gasteiger partial charge in [0, 0.05) is 26.7 Å². The van der Waals surface area contributed by atoms with Crippen molar-refractivity contribution in [3.8, 4) is 5.75 Å². The molecule has 0 spiro atoms. The maximum atomic E-state index is 11.3. The Kier molecular flexibility index (Phi) is 5.21. The summed E-state index contributed by atoms with van der Waals surface area (Å²) in [7, 11) is 1.33. The van der Waals surface area contributed by atoms with E-state index in [1.165, 1.54) is 7.11 Å². The molecule has 0 N–H and O–H groups in total. The Labute approximate surface area is 155 Å². The molecule has 0 aliphatic rings. The third kappa shape index (κ3) is 3.60. The lowest BCUT2D eigenvalue weighted by Gasteiger charge is -2.12. The van der Waals surface area contributed by atoms with Gasteiger partial charge in [-0.25, -0.2) is 4.79 Å². The zero-order chi connectivity index (χ0) is 18.0. The monoisotopic (exact) mass is 377 g/mol. The average molecular weight is 378 g/mol. The Morgan fingerprint density at radius 1 is 1.12 bits per heavy atom. The molecule has 0 aliphatic carbocycles. The second-order valence-electron chi connectivity index (χ2n) is 5.63. The van der Waals surface area contributed by atoms with E-state index >= 15 is 0 Å². The standard InChI is InChI=1S/C19H17Cl2NO3/c1-12-9-13-17(7-4-8-18(13)25-11-19(23)24-2)22(12)10-14-15(20)5-3-6-16(14)21/h3-9H,10-11H2,1-2H3. The summed E-state index contributed by atoms with van der Waals surface area (Å²) in [6.07, 6.45) is 0. The molecule has 130 valence electrons. The molecule has 0 unspecified atom stereocenters. The number of halogens is 2. The predicted molar refractivity (Wildman–Crippen MR) is 99.8 cm³/mol. The molecule has 0 radical (unpaired) electrons. The molecule has 3 aromatic rings. The number of ether oxygens (including phenoxy) is 2. The fraction of sp³-hybridized carbons (Fsp3) is 0.211. The first-order valence-electron chi connectivity index (χ1n) is 7.72. The molecule has 1 heterocycles. The van der Waals surface area contributed by atoms with Gasteiger partial charge in [0.25, 0.3) is 0 Å². The van der Waals surface area contributed by atoms with Gasteiger partial charge in [0.2, 0.25) is 0 Å². The number of esters is 1. The SMILES string of the molecule is COC(=O)COc1cccc2c1cc(C)n2Cc1c(Cl)cccc1Cl. The highest BCUT2D eigenvalue weighted by Gasteiger charge is 2.14. The van der Waals surface area contributed by atoms with Gasteiger partial charge < -0.3 is 14.0 Å². The lowest BCUT2D eigenvalue weighted by molar-refractivity contribution is -0.142. The Balaban J connectivity index is 2.00. The largest absolute Gasteiger partial charge is 0.481 e. The molecule has 6 heteroatoms. The van der Waals surface area contributed by atoms with Gasteiger partial charge in [-0.05, 0) is 37.3 Å². The lowest BCUT2D eigenvalue weighted by Crippen LogP contribution is -2.12. The minimum atomic E-state index is -0.420. The molecule has 2 aromatic carbocycles. The smallest absolute Gasteiger partial charge is 0.343 e. The topological polar surface area (TPSA) is 40.5 Å². The van der Waals surface area contributed by atoms with Crippen LogP contribution < -0.4 is 4.74 Å². The summed E-state index contributed by atoms with van der Waals surface area (Å²) < 4.78 is 12.3. The van der Waals surface area contributed by atoms with Crippen LogP contribution in [0.2, 0.25) is 10.0 Å². The second kappa shape index (κ2) is 7.38. The van der Waals surface area contributed by atoms with Crippen LogP contribution in [0.3, 0.4) is 0 Å². The van der Waals surface area contributed by atoms with E-state index in [0.29, 0.717) is 22.3 Å². The quantitative estimate of drug-likeness (QED) is 0.596. The first kappa shape index (κ1) is 17.6. The molecule has 0 saturated heterocycles. The molecule has 0 bridgehead atoms. The average Bonchev–Trinajstić information content (AvgIpc) is 2.92. The summed E-state index contributed by atoms with van der Waals surface area (Å²) in [4.78, 5) is 11.3. The minimum Gasteiger partial charge on any atom is -0.481 e. The fourth-order valence-electron chi connectivity index (χ4n) is 2.76. The van der Waals surface area contributed by atoms with Crippen LogP contribution >= 0.6 is 23.2 Å². The Bertz CT molecular complexity index is 914. The van der Waals surface area contributed by atoms with Crippen LogP contribution in [-0.2, 0) is 16.1 Å². The summed E-state index contributed by atoms with van der Waals surface area (Å²) >= 11 is 12.6. The summed E-state index contributed by atoms with van der Waals surface area (Å²) in [6, 6.07) is 13.2. The van der Waals surface area contributed by atoms with Crippen molar-refractivity contribution in [3.63, 3.8) is 0 Å². The summed E-state index contributed by atoms with van der Waals surface area (Å²) in [5.74, 6) is 0.214. The number of fused-ring (bicyclic) bond motifs is 1. The van der Waals surface area contributed by atoms with Crippen LogP contribution in [-0.4, -0.2) is 24.3 Å². The number of hydrogen-bond acceptors (Lipinski definition) is 3. The first-order chi connectivity index (χ1) is 12.0. The van der Waals surface area contributed by atoms with Crippen molar-refractivity contribution in [1.82, 2.24) is 4.57 Å². The van der Waals surface area contributed by atoms with Gasteiger partial charge in [-0.15, -0.1) is 0 Å². The van der Waals surface area contributed by atoms with E-state index in [1.54, 1.807) is 0 Å². The Morgan fingerprint density at radius 3 is 2.48 bits per heavy atom. The summed E-state index contributed by atoms with van der Waals surface area (Å²) in [5.41, 5.74) is 2.89. The van der Waals surface area contributed by atoms with Crippen LogP contribution in [0.4, 0.5) is 0 Å². The van der Waals surface area contributed by atoms with Crippen LogP contribution in [0.1, 0.15) is 11.3 Å². The van der Waals surface area contributed by atoms with E-state index in [9.17, 15) is 4.79 Å². The van der Waals surface area contributed by atoms with Gasteiger partial charge in [-0.1, -0.05) is 35.3 Å². The number of benzene rings is 2. The van der Waals surface area contributed by atoms with Crippen molar-refractivity contribution in [2.24, 2.45) is 0 Å². The Morgan fingerprint density at radius 2 is 1.80 bits per heavy atom. The minimum absolute atomic E-state index is 0.129. The predicted octanol–water partition coefficient (Wildman–Crippen LogP) is 4.86. The van der Waals surface area contributed by atoms with E-state index < -0.39 is 5.97 Å². The van der Waals surface area contributed by atoms with Crippen molar-refractivity contribution in [2.75, 3.05) is 13.7 Å². The molecule has 0 atom stereocenters. The number of methoxy groups -OCH3 is 1. The fourth-order valence-corrected chi connectivity index (χ4v) is 3.28. The molecular formula is C19H17Cl2NO3. The zero-order valence-electron chi connectivity index (χ0n) is 13.9. The first-order valence-corrected chi connectivity index (χ1v) is 8.48. The van der Waals surface area contributed by atoms with Crippen molar-refractivity contribution in [3.05, 3.63) is 63.8 Å². The van der Waals surface area contributed by atoms with E-state index in [0.717, 1.165) is 22.2 Å². The Hall–Kier alpha value is -2.17. The number of carbonyl (C=O) groups excluding carboxylic acids is 1.